The zero-order chi connectivity index (χ0) is 17.4. The summed E-state index contributed by atoms with van der Waals surface area (Å²) in [5, 5.41) is 2.79. The number of carbonyl (C=O) groups excluding carboxylic acids is 2. The van der Waals surface area contributed by atoms with Crippen LogP contribution in [0.3, 0.4) is 0 Å². The summed E-state index contributed by atoms with van der Waals surface area (Å²) in [5.74, 6) is -1.20. The van der Waals surface area contributed by atoms with E-state index in [-0.39, 0.29) is 19.1 Å². The molecule has 0 spiro atoms. The molecule has 0 unspecified atom stereocenters. The highest BCUT2D eigenvalue weighted by atomic mass is 79.9. The van der Waals surface area contributed by atoms with Crippen LogP contribution >= 0.6 is 15.9 Å². The normalized spacial score (nSPS) is 11.4. The van der Waals surface area contributed by atoms with E-state index < -0.39 is 11.9 Å². The third-order valence-corrected chi connectivity index (χ3v) is 3.93. The molecule has 0 saturated carbocycles. The predicted molar refractivity (Wildman–Crippen MR) is 96.8 cm³/mol. The van der Waals surface area contributed by atoms with E-state index >= 15 is 0 Å². The Labute approximate surface area is 149 Å². The number of ether oxygens (including phenoxy) is 1. The number of benzene rings is 2. The molecule has 1 N–H and O–H groups in total. The van der Waals surface area contributed by atoms with E-state index in [2.05, 4.69) is 27.8 Å². The van der Waals surface area contributed by atoms with Crippen LogP contribution in [0.15, 0.2) is 71.7 Å². The van der Waals surface area contributed by atoms with Crippen molar-refractivity contribution in [3.05, 3.63) is 82.9 Å². The first-order valence-electron chi connectivity index (χ1n) is 7.48. The second-order valence-corrected chi connectivity index (χ2v) is 6.01. The van der Waals surface area contributed by atoms with Crippen molar-refractivity contribution in [3.63, 3.8) is 0 Å². The maximum absolute atomic E-state index is 12.3. The minimum Gasteiger partial charge on any atom is -0.461 e. The van der Waals surface area contributed by atoms with Crippen LogP contribution in [0.2, 0.25) is 0 Å². The first-order valence-corrected chi connectivity index (χ1v) is 8.27. The molecular formula is C19H18BrNO3. The Hall–Kier alpha value is -2.40. The summed E-state index contributed by atoms with van der Waals surface area (Å²) in [6.07, 6.45) is 1.51. The number of esters is 1. The van der Waals surface area contributed by atoms with Gasteiger partial charge in [0.25, 0.3) is 5.91 Å². The van der Waals surface area contributed by atoms with Crippen LogP contribution in [-0.2, 0) is 9.53 Å². The number of halogens is 1. The average Bonchev–Trinajstić information content (AvgIpc) is 2.62. The van der Waals surface area contributed by atoms with Gasteiger partial charge >= 0.3 is 5.97 Å². The van der Waals surface area contributed by atoms with Gasteiger partial charge in [-0.2, -0.15) is 0 Å². The number of amides is 1. The summed E-state index contributed by atoms with van der Waals surface area (Å²) >= 11 is 3.37. The summed E-state index contributed by atoms with van der Waals surface area (Å²) < 4.78 is 6.07. The van der Waals surface area contributed by atoms with Crippen molar-refractivity contribution in [2.75, 3.05) is 13.2 Å². The minimum absolute atomic E-state index is 0.137. The molecule has 0 aliphatic rings. The Balaban J connectivity index is 2.10. The lowest BCUT2D eigenvalue weighted by Gasteiger charge is -2.17. The number of carbonyl (C=O) groups is 2. The molecule has 5 heteroatoms. The van der Waals surface area contributed by atoms with Crippen molar-refractivity contribution < 1.29 is 14.3 Å². The lowest BCUT2D eigenvalue weighted by Crippen LogP contribution is -2.32. The number of hydrogen-bond acceptors (Lipinski definition) is 3. The van der Waals surface area contributed by atoms with Crippen molar-refractivity contribution in [2.45, 2.75) is 5.92 Å². The molecule has 24 heavy (non-hydrogen) atoms. The minimum atomic E-state index is -0.578. The maximum atomic E-state index is 12.3. The number of nitrogens with one attached hydrogen (secondary N) is 1. The molecule has 0 heterocycles. The quantitative estimate of drug-likeness (QED) is 0.582. The molecule has 0 aromatic heterocycles. The first kappa shape index (κ1) is 17.9. The topological polar surface area (TPSA) is 55.4 Å². The Morgan fingerprint density at radius 1 is 1.12 bits per heavy atom. The fourth-order valence-corrected chi connectivity index (χ4v) is 2.42. The highest BCUT2D eigenvalue weighted by Crippen LogP contribution is 2.20. The van der Waals surface area contributed by atoms with E-state index in [0.717, 1.165) is 10.0 Å². The highest BCUT2D eigenvalue weighted by molar-refractivity contribution is 9.10. The van der Waals surface area contributed by atoms with E-state index in [4.69, 9.17) is 4.74 Å². The van der Waals surface area contributed by atoms with Gasteiger partial charge in [-0.05, 0) is 29.8 Å². The fraction of sp³-hybridized carbons (Fsp3) is 0.158. The van der Waals surface area contributed by atoms with E-state index in [1.54, 1.807) is 24.3 Å². The van der Waals surface area contributed by atoms with Gasteiger partial charge in [0, 0.05) is 16.6 Å². The van der Waals surface area contributed by atoms with Gasteiger partial charge in [-0.15, -0.1) is 0 Å². The Kier molecular flexibility index (Phi) is 6.75. The summed E-state index contributed by atoms with van der Waals surface area (Å²) in [6, 6.07) is 16.2. The van der Waals surface area contributed by atoms with Gasteiger partial charge in [0.1, 0.15) is 6.61 Å². The van der Waals surface area contributed by atoms with Crippen LogP contribution < -0.4 is 5.32 Å². The first-order chi connectivity index (χ1) is 11.6. The van der Waals surface area contributed by atoms with Gasteiger partial charge < -0.3 is 10.1 Å². The molecule has 1 amide bonds. The molecule has 0 bridgehead atoms. The van der Waals surface area contributed by atoms with Crippen LogP contribution in [0.1, 0.15) is 21.8 Å². The van der Waals surface area contributed by atoms with E-state index in [9.17, 15) is 9.59 Å². The molecule has 0 aliphatic carbocycles. The van der Waals surface area contributed by atoms with E-state index in [1.165, 1.54) is 6.08 Å². The SMILES string of the molecule is C=CCOC(=O)[C@@H](CNC(=O)c1ccccc1)c1ccc(Br)cc1. The van der Waals surface area contributed by atoms with Gasteiger partial charge in [-0.3, -0.25) is 9.59 Å². The van der Waals surface area contributed by atoms with Gasteiger partial charge in [-0.25, -0.2) is 0 Å². The smallest absolute Gasteiger partial charge is 0.315 e. The summed E-state index contributed by atoms with van der Waals surface area (Å²) in [5.41, 5.74) is 1.33. The van der Waals surface area contributed by atoms with Gasteiger partial charge in [0.15, 0.2) is 0 Å². The molecule has 2 aromatic rings. The van der Waals surface area contributed by atoms with Crippen LogP contribution in [0.5, 0.6) is 0 Å². The monoisotopic (exact) mass is 387 g/mol. The van der Waals surface area contributed by atoms with Gasteiger partial charge in [0.2, 0.25) is 0 Å². The zero-order valence-electron chi connectivity index (χ0n) is 13.1. The standard InChI is InChI=1S/C19H18BrNO3/c1-2-12-24-19(23)17(14-8-10-16(20)11-9-14)13-21-18(22)15-6-4-3-5-7-15/h2-11,17H,1,12-13H2,(H,21,22)/t17-/m0/s1. The van der Waals surface area contributed by atoms with Gasteiger partial charge in [0.05, 0.1) is 5.92 Å². The highest BCUT2D eigenvalue weighted by Gasteiger charge is 2.23. The average molecular weight is 388 g/mol. The van der Waals surface area contributed by atoms with Crippen LogP contribution in [0.25, 0.3) is 0 Å². The summed E-state index contributed by atoms with van der Waals surface area (Å²) in [6.45, 7) is 3.83. The van der Waals surface area contributed by atoms with Crippen molar-refractivity contribution in [1.29, 1.82) is 0 Å². The third kappa shape index (κ3) is 5.06. The predicted octanol–water partition coefficient (Wildman–Crippen LogP) is 3.69. The number of hydrogen-bond donors (Lipinski definition) is 1. The Morgan fingerprint density at radius 3 is 2.42 bits per heavy atom. The van der Waals surface area contributed by atoms with E-state index in [1.807, 2.05) is 30.3 Å². The van der Waals surface area contributed by atoms with Crippen LogP contribution in [-0.4, -0.2) is 25.0 Å². The van der Waals surface area contributed by atoms with Gasteiger partial charge in [-0.1, -0.05) is 58.9 Å². The maximum Gasteiger partial charge on any atom is 0.315 e. The van der Waals surface area contributed by atoms with Crippen LogP contribution in [0, 0.1) is 0 Å². The molecule has 4 nitrogen and oxygen atoms in total. The Morgan fingerprint density at radius 2 is 1.79 bits per heavy atom. The van der Waals surface area contributed by atoms with Crippen molar-refractivity contribution in [2.24, 2.45) is 0 Å². The van der Waals surface area contributed by atoms with Crippen molar-refractivity contribution in [3.8, 4) is 0 Å². The second-order valence-electron chi connectivity index (χ2n) is 5.10. The molecule has 0 radical (unpaired) electrons. The molecule has 0 aliphatic heterocycles. The van der Waals surface area contributed by atoms with Crippen molar-refractivity contribution in [1.82, 2.24) is 5.32 Å². The summed E-state index contributed by atoms with van der Waals surface area (Å²) in [7, 11) is 0. The molecule has 1 atom stereocenters. The molecule has 0 fully saturated rings. The molecule has 2 rings (SSSR count). The zero-order valence-corrected chi connectivity index (χ0v) is 14.7. The Bertz CT molecular complexity index is 698. The largest absolute Gasteiger partial charge is 0.461 e. The van der Waals surface area contributed by atoms with E-state index in [0.29, 0.717) is 5.56 Å². The lowest BCUT2D eigenvalue weighted by molar-refractivity contribution is -0.144. The van der Waals surface area contributed by atoms with Crippen LogP contribution in [0.4, 0.5) is 0 Å². The lowest BCUT2D eigenvalue weighted by atomic mass is 9.99. The van der Waals surface area contributed by atoms with Crippen molar-refractivity contribution >= 4 is 27.8 Å². The molecule has 2 aromatic carbocycles. The fourth-order valence-electron chi connectivity index (χ4n) is 2.16. The molecular weight excluding hydrogens is 370 g/mol. The molecule has 124 valence electrons. The number of rotatable bonds is 7. The second kappa shape index (κ2) is 9.03. The third-order valence-electron chi connectivity index (χ3n) is 3.40. The summed E-state index contributed by atoms with van der Waals surface area (Å²) in [4.78, 5) is 24.5. The molecule has 0 saturated heterocycles.